The normalized spacial score (nSPS) is 13.8. The third-order valence-electron chi connectivity index (χ3n) is 7.98. The van der Waals surface area contributed by atoms with Crippen molar-refractivity contribution in [2.45, 2.75) is 64.0 Å². The van der Waals surface area contributed by atoms with Gasteiger partial charge in [-0.25, -0.2) is 9.78 Å². The number of aliphatic hydroxyl groups excluding tert-OH is 1. The lowest BCUT2D eigenvalue weighted by atomic mass is 10.1. The van der Waals surface area contributed by atoms with E-state index in [2.05, 4.69) is 44.0 Å². The van der Waals surface area contributed by atoms with Crippen LogP contribution in [0.4, 0.5) is 22.4 Å². The first-order valence-electron chi connectivity index (χ1n) is 15.8. The number of hydrogen-bond donors (Lipinski definition) is 4. The predicted molar refractivity (Wildman–Crippen MR) is 177 cm³/mol. The van der Waals surface area contributed by atoms with Crippen LogP contribution in [0.15, 0.2) is 67.3 Å². The van der Waals surface area contributed by atoms with Gasteiger partial charge in [-0.15, -0.1) is 4.98 Å². The van der Waals surface area contributed by atoms with Gasteiger partial charge < -0.3 is 15.7 Å². The van der Waals surface area contributed by atoms with Gasteiger partial charge in [0.1, 0.15) is 23.6 Å². The molecular formula is C34H41N10O2+. The molecule has 4 N–H and O–H groups in total. The smallest absolute Gasteiger partial charge is 0.394 e. The highest BCUT2D eigenvalue weighted by atomic mass is 16.3. The SMILES string of the molecule is CCC/C(CCCCNc1ncc(C#N)c(NC2(CO)CC2)n1)=[N+](\C(=O)NCc1ccccc1)c1ccc(-c2cnn(C)c2)cn1. The Labute approximate surface area is 269 Å². The Balaban J connectivity index is 1.28. The first-order chi connectivity index (χ1) is 22.4. The minimum Gasteiger partial charge on any atom is -0.394 e. The molecule has 12 nitrogen and oxygen atoms in total. The van der Waals surface area contributed by atoms with Crippen LogP contribution in [-0.2, 0) is 13.6 Å². The summed E-state index contributed by atoms with van der Waals surface area (Å²) in [6.45, 7) is 3.13. The molecule has 1 aliphatic rings. The van der Waals surface area contributed by atoms with Gasteiger partial charge in [0.15, 0.2) is 0 Å². The predicted octanol–water partition coefficient (Wildman–Crippen LogP) is 5.16. The van der Waals surface area contributed by atoms with Gasteiger partial charge in [-0.05, 0) is 56.6 Å². The zero-order valence-corrected chi connectivity index (χ0v) is 26.4. The number of rotatable bonds is 15. The molecule has 2 amide bonds. The molecule has 0 atom stereocenters. The third-order valence-corrected chi connectivity index (χ3v) is 7.98. The van der Waals surface area contributed by atoms with Crippen LogP contribution in [0.3, 0.4) is 0 Å². The number of nitriles is 1. The van der Waals surface area contributed by atoms with Crippen molar-refractivity contribution in [1.82, 2.24) is 30.0 Å². The summed E-state index contributed by atoms with van der Waals surface area (Å²) in [5.74, 6) is 1.43. The van der Waals surface area contributed by atoms with E-state index in [1.807, 2.05) is 55.7 Å². The molecule has 0 bridgehead atoms. The highest BCUT2D eigenvalue weighted by molar-refractivity contribution is 5.86. The molecule has 1 aliphatic carbocycles. The van der Waals surface area contributed by atoms with E-state index in [9.17, 15) is 15.2 Å². The molecule has 0 unspecified atom stereocenters. The maximum Gasteiger partial charge on any atom is 0.441 e. The number of hydrogen-bond acceptors (Lipinski definition) is 9. The fourth-order valence-corrected chi connectivity index (χ4v) is 5.18. The lowest BCUT2D eigenvalue weighted by Gasteiger charge is -2.16. The second-order valence-electron chi connectivity index (χ2n) is 11.6. The van der Waals surface area contributed by atoms with E-state index in [1.165, 1.54) is 6.20 Å². The number of nitrogens with zero attached hydrogens (tertiary/aromatic N) is 7. The number of anilines is 2. The molecule has 46 heavy (non-hydrogen) atoms. The van der Waals surface area contributed by atoms with Crippen LogP contribution in [0, 0.1) is 11.3 Å². The summed E-state index contributed by atoms with van der Waals surface area (Å²) < 4.78 is 3.47. The van der Waals surface area contributed by atoms with Gasteiger partial charge in [-0.2, -0.15) is 19.9 Å². The number of aliphatic hydroxyl groups is 1. The van der Waals surface area contributed by atoms with Crippen LogP contribution >= 0.6 is 0 Å². The van der Waals surface area contributed by atoms with Crippen molar-refractivity contribution in [3.63, 3.8) is 0 Å². The molecule has 1 fully saturated rings. The van der Waals surface area contributed by atoms with Gasteiger partial charge in [-0.1, -0.05) is 37.3 Å². The van der Waals surface area contributed by atoms with Crippen LogP contribution in [0.1, 0.15) is 63.0 Å². The number of carbonyl (C=O) groups is 1. The number of pyridine rings is 1. The number of amides is 2. The number of nitrogens with one attached hydrogen (secondary N) is 3. The number of aromatic nitrogens is 5. The molecule has 1 aromatic carbocycles. The zero-order chi connectivity index (χ0) is 32.4. The molecule has 0 radical (unpaired) electrons. The van der Waals surface area contributed by atoms with Crippen molar-refractivity contribution < 1.29 is 14.5 Å². The number of urea groups is 1. The fraction of sp³-hybridized carbons (Fsp3) is 0.382. The van der Waals surface area contributed by atoms with Gasteiger partial charge in [0.05, 0.1) is 36.8 Å². The molecule has 0 saturated heterocycles. The second kappa shape index (κ2) is 15.2. The fourth-order valence-electron chi connectivity index (χ4n) is 5.18. The van der Waals surface area contributed by atoms with Gasteiger partial charge in [0.2, 0.25) is 5.95 Å². The highest BCUT2D eigenvalue weighted by Gasteiger charge is 2.42. The van der Waals surface area contributed by atoms with Gasteiger partial charge in [0, 0.05) is 37.0 Å². The molecule has 12 heteroatoms. The Morgan fingerprint density at radius 3 is 2.54 bits per heavy atom. The number of carbonyl (C=O) groups excluding carboxylic acids is 1. The Bertz CT molecular complexity index is 1690. The van der Waals surface area contributed by atoms with E-state index in [-0.39, 0.29) is 12.6 Å². The summed E-state index contributed by atoms with van der Waals surface area (Å²) in [5, 5.41) is 33.0. The van der Waals surface area contributed by atoms with Crippen LogP contribution in [-0.4, -0.2) is 64.8 Å². The van der Waals surface area contributed by atoms with Crippen LogP contribution in [0.2, 0.25) is 0 Å². The quantitative estimate of drug-likeness (QED) is 0.0800. The Morgan fingerprint density at radius 2 is 1.89 bits per heavy atom. The summed E-state index contributed by atoms with van der Waals surface area (Å²) in [7, 11) is 1.87. The van der Waals surface area contributed by atoms with Crippen molar-refractivity contribution in [2.75, 3.05) is 23.8 Å². The first kappa shape index (κ1) is 32.2. The monoisotopic (exact) mass is 621 g/mol. The number of unbranched alkanes of at least 4 members (excludes halogenated alkanes) is 1. The summed E-state index contributed by atoms with van der Waals surface area (Å²) in [6, 6.07) is 15.6. The maximum atomic E-state index is 13.7. The summed E-state index contributed by atoms with van der Waals surface area (Å²) in [5.41, 5.74) is 3.85. The maximum absolute atomic E-state index is 13.7. The Hall–Kier alpha value is -5.15. The second-order valence-corrected chi connectivity index (χ2v) is 11.6. The molecule has 4 aromatic rings. The largest absolute Gasteiger partial charge is 0.441 e. The summed E-state index contributed by atoms with van der Waals surface area (Å²) in [4.78, 5) is 27.2. The van der Waals surface area contributed by atoms with Crippen molar-refractivity contribution >= 4 is 29.3 Å². The van der Waals surface area contributed by atoms with E-state index in [0.717, 1.165) is 60.9 Å². The van der Waals surface area contributed by atoms with Gasteiger partial charge >= 0.3 is 6.03 Å². The molecule has 3 heterocycles. The average molecular weight is 622 g/mol. The van der Waals surface area contributed by atoms with Crippen LogP contribution in [0.25, 0.3) is 11.1 Å². The summed E-state index contributed by atoms with van der Waals surface area (Å²) >= 11 is 0. The minimum atomic E-state index is -0.393. The van der Waals surface area contributed by atoms with E-state index in [1.54, 1.807) is 21.7 Å². The van der Waals surface area contributed by atoms with Crippen molar-refractivity contribution in [3.8, 4) is 17.2 Å². The molecule has 0 spiro atoms. The molecule has 3 aromatic heterocycles. The zero-order valence-electron chi connectivity index (χ0n) is 26.4. The molecule has 5 rings (SSSR count). The van der Waals surface area contributed by atoms with E-state index < -0.39 is 5.54 Å². The highest BCUT2D eigenvalue weighted by Crippen LogP contribution is 2.38. The third kappa shape index (κ3) is 8.31. The van der Waals surface area contributed by atoms with Gasteiger partial charge in [0.25, 0.3) is 5.82 Å². The minimum absolute atomic E-state index is 0.00725. The lowest BCUT2D eigenvalue weighted by molar-refractivity contribution is -0.342. The first-order valence-corrected chi connectivity index (χ1v) is 15.8. The molecular weight excluding hydrogens is 580 g/mol. The number of benzene rings is 1. The van der Waals surface area contributed by atoms with E-state index >= 15 is 0 Å². The number of aryl methyl sites for hydroxylation is 1. The topological polar surface area (TPSA) is 157 Å². The van der Waals surface area contributed by atoms with Crippen molar-refractivity contribution in [1.29, 1.82) is 5.26 Å². The standard InChI is InChI=1S/C34H40N10O2/c1-3-9-29(12-7-8-17-36-32-38-21-27(18-35)31(41-32)42-34(24-45)15-16-34)44(33(46)39-19-25-10-5-4-6-11-25)30-14-13-26(20-37-30)28-22-40-43(2)23-28/h4-6,10-11,13-14,20-23,45H,3,7-9,12,15-17,19,24H2,1-2H3,(H2-,36,38,39,41,42,46)/p+1/b44-29+. The average Bonchev–Trinajstić information content (AvgIpc) is 3.72. The van der Waals surface area contributed by atoms with E-state index in [4.69, 9.17) is 4.98 Å². The lowest BCUT2D eigenvalue weighted by Crippen LogP contribution is -2.34. The summed E-state index contributed by atoms with van der Waals surface area (Å²) in [6.07, 6.45) is 12.7. The molecule has 0 aliphatic heterocycles. The van der Waals surface area contributed by atoms with Crippen molar-refractivity contribution in [3.05, 3.63) is 78.4 Å². The molecule has 1 saturated carbocycles. The van der Waals surface area contributed by atoms with Gasteiger partial charge in [-0.3, -0.25) is 10.00 Å². The van der Waals surface area contributed by atoms with Crippen LogP contribution < -0.4 is 16.0 Å². The Morgan fingerprint density at radius 1 is 1.07 bits per heavy atom. The van der Waals surface area contributed by atoms with Crippen molar-refractivity contribution in [2.24, 2.45) is 7.05 Å². The molecule has 238 valence electrons. The van der Waals surface area contributed by atoms with E-state index in [0.29, 0.717) is 42.7 Å². The Kier molecular flexibility index (Phi) is 10.7. The van der Waals surface area contributed by atoms with Crippen LogP contribution in [0.5, 0.6) is 0 Å².